The summed E-state index contributed by atoms with van der Waals surface area (Å²) in [7, 11) is 0. The highest BCUT2D eigenvalue weighted by atomic mass is 79.9. The van der Waals surface area contributed by atoms with Crippen LogP contribution in [-0.2, 0) is 0 Å². The molecule has 1 heterocycles. The summed E-state index contributed by atoms with van der Waals surface area (Å²) in [4.78, 5) is 4.39. The van der Waals surface area contributed by atoms with Crippen molar-refractivity contribution in [1.82, 2.24) is 4.98 Å². The van der Waals surface area contributed by atoms with E-state index in [0.29, 0.717) is 5.88 Å². The van der Waals surface area contributed by atoms with Crippen LogP contribution in [0.25, 0.3) is 0 Å². The third-order valence-electron chi connectivity index (χ3n) is 2.97. The third kappa shape index (κ3) is 3.11. The number of hydrogen-bond acceptors (Lipinski definition) is 2. The number of hydrogen-bond donors (Lipinski definition) is 1. The van der Waals surface area contributed by atoms with Crippen LogP contribution in [0, 0.1) is 6.92 Å². The van der Waals surface area contributed by atoms with Crippen molar-refractivity contribution in [2.75, 3.05) is 11.2 Å². The number of anilines is 1. The second-order valence-electron chi connectivity index (χ2n) is 4.09. The molecule has 0 saturated carbocycles. The molecule has 1 aromatic heterocycles. The van der Waals surface area contributed by atoms with Crippen LogP contribution in [0.15, 0.2) is 16.7 Å². The van der Waals surface area contributed by atoms with Crippen molar-refractivity contribution in [1.29, 1.82) is 0 Å². The molecule has 16 heavy (non-hydrogen) atoms. The van der Waals surface area contributed by atoms with Crippen LogP contribution < -0.4 is 5.32 Å². The van der Waals surface area contributed by atoms with Gasteiger partial charge in [0, 0.05) is 12.1 Å². The number of pyridine rings is 1. The van der Waals surface area contributed by atoms with E-state index in [-0.39, 0.29) is 5.54 Å². The zero-order valence-corrected chi connectivity index (χ0v) is 12.3. The van der Waals surface area contributed by atoms with E-state index in [0.717, 1.165) is 28.7 Å². The van der Waals surface area contributed by atoms with E-state index in [4.69, 9.17) is 11.6 Å². The van der Waals surface area contributed by atoms with Crippen molar-refractivity contribution in [3.8, 4) is 0 Å². The average Bonchev–Trinajstić information content (AvgIpc) is 2.29. The highest BCUT2D eigenvalue weighted by Crippen LogP contribution is 2.27. The fourth-order valence-electron chi connectivity index (χ4n) is 1.53. The molecular weight excluding hydrogens is 288 g/mol. The van der Waals surface area contributed by atoms with Gasteiger partial charge in [-0.3, -0.25) is 0 Å². The molecule has 0 spiro atoms. The number of aromatic nitrogens is 1. The molecular formula is C12H18BrClN2. The van der Waals surface area contributed by atoms with Gasteiger partial charge in [0.05, 0.1) is 10.0 Å². The molecule has 0 aliphatic rings. The van der Waals surface area contributed by atoms with Crippen LogP contribution in [0.2, 0.25) is 0 Å². The molecule has 90 valence electrons. The van der Waals surface area contributed by atoms with Crippen LogP contribution >= 0.6 is 27.5 Å². The molecule has 4 heteroatoms. The Bertz CT molecular complexity index is 343. The van der Waals surface area contributed by atoms with Gasteiger partial charge in [-0.2, -0.15) is 0 Å². The van der Waals surface area contributed by atoms with Gasteiger partial charge in [-0.05, 0) is 47.3 Å². The first-order chi connectivity index (χ1) is 7.56. The lowest BCUT2D eigenvalue weighted by molar-refractivity contribution is 0.482. The predicted octanol–water partition coefficient (Wildman–Crippen LogP) is 4.36. The Labute approximate surface area is 111 Å². The van der Waals surface area contributed by atoms with Crippen molar-refractivity contribution < 1.29 is 0 Å². The van der Waals surface area contributed by atoms with Gasteiger partial charge >= 0.3 is 0 Å². The van der Waals surface area contributed by atoms with Gasteiger partial charge in [0.25, 0.3) is 0 Å². The van der Waals surface area contributed by atoms with Gasteiger partial charge in [0.2, 0.25) is 0 Å². The first-order valence-corrected chi connectivity index (χ1v) is 6.86. The Kier molecular flexibility index (Phi) is 5.06. The lowest BCUT2D eigenvalue weighted by Gasteiger charge is -2.31. The van der Waals surface area contributed by atoms with Gasteiger partial charge in [-0.15, -0.1) is 11.6 Å². The number of alkyl halides is 1. The lowest BCUT2D eigenvalue weighted by atomic mass is 9.95. The minimum atomic E-state index is -0.0632. The third-order valence-corrected chi connectivity index (χ3v) is 4.09. The van der Waals surface area contributed by atoms with Gasteiger partial charge in [-0.25, -0.2) is 4.98 Å². The first-order valence-electron chi connectivity index (χ1n) is 5.53. The summed E-state index contributed by atoms with van der Waals surface area (Å²) in [6.45, 7) is 6.30. The topological polar surface area (TPSA) is 24.9 Å². The Morgan fingerprint density at radius 3 is 2.50 bits per heavy atom. The van der Waals surface area contributed by atoms with Crippen molar-refractivity contribution in [2.45, 2.75) is 39.2 Å². The first kappa shape index (κ1) is 13.8. The number of nitrogens with zero attached hydrogens (tertiary/aromatic N) is 1. The summed E-state index contributed by atoms with van der Waals surface area (Å²) < 4.78 is 0.990. The average molecular weight is 306 g/mol. The van der Waals surface area contributed by atoms with Crippen molar-refractivity contribution in [2.24, 2.45) is 0 Å². The number of rotatable bonds is 5. The normalized spacial score (nSPS) is 11.6. The predicted molar refractivity (Wildman–Crippen MR) is 74.3 cm³/mol. The van der Waals surface area contributed by atoms with Gasteiger partial charge < -0.3 is 5.32 Å². The summed E-state index contributed by atoms with van der Waals surface area (Å²) in [6.07, 6.45) is 3.82. The molecule has 0 fully saturated rings. The van der Waals surface area contributed by atoms with Crippen molar-refractivity contribution >= 4 is 33.3 Å². The zero-order chi connectivity index (χ0) is 12.2. The Hall–Kier alpha value is -0.280. The van der Waals surface area contributed by atoms with Crippen LogP contribution in [0.5, 0.6) is 0 Å². The minimum Gasteiger partial charge on any atom is -0.363 e. The smallest absolute Gasteiger partial charge is 0.140 e. The maximum atomic E-state index is 6.05. The van der Waals surface area contributed by atoms with Crippen LogP contribution in [0.3, 0.4) is 0 Å². The number of aryl methyl sites for hydroxylation is 1. The summed E-state index contributed by atoms with van der Waals surface area (Å²) in [5.41, 5.74) is 1.08. The van der Waals surface area contributed by atoms with Crippen LogP contribution in [-0.4, -0.2) is 16.4 Å². The van der Waals surface area contributed by atoms with Gasteiger partial charge in [0.1, 0.15) is 5.82 Å². The Morgan fingerprint density at radius 2 is 2.06 bits per heavy atom. The maximum absolute atomic E-state index is 6.05. The summed E-state index contributed by atoms with van der Waals surface area (Å²) in [5, 5.41) is 3.45. The zero-order valence-electron chi connectivity index (χ0n) is 9.98. The quantitative estimate of drug-likeness (QED) is 0.818. The molecule has 1 aromatic rings. The molecule has 0 amide bonds. The highest BCUT2D eigenvalue weighted by Gasteiger charge is 2.25. The summed E-state index contributed by atoms with van der Waals surface area (Å²) in [5.74, 6) is 1.46. The van der Waals surface area contributed by atoms with E-state index in [2.05, 4.69) is 46.1 Å². The molecule has 1 N–H and O–H groups in total. The molecule has 0 atom stereocenters. The van der Waals surface area contributed by atoms with Crippen molar-refractivity contribution in [3.05, 3.63) is 22.3 Å². The van der Waals surface area contributed by atoms with E-state index in [1.165, 1.54) is 0 Å². The second kappa shape index (κ2) is 5.87. The monoisotopic (exact) mass is 304 g/mol. The molecule has 0 radical (unpaired) electrons. The highest BCUT2D eigenvalue weighted by molar-refractivity contribution is 9.10. The standard InChI is InChI=1S/C12H18BrClN2/c1-4-12(5-2,8-14)16-11-10(13)6-9(3)7-15-11/h6-7H,4-5,8H2,1-3H3,(H,15,16). The molecule has 0 bridgehead atoms. The van der Waals surface area contributed by atoms with E-state index in [1.807, 2.05) is 13.1 Å². The van der Waals surface area contributed by atoms with Crippen molar-refractivity contribution in [3.63, 3.8) is 0 Å². The van der Waals surface area contributed by atoms with Gasteiger partial charge in [0.15, 0.2) is 0 Å². The Balaban J connectivity index is 2.93. The second-order valence-corrected chi connectivity index (χ2v) is 5.21. The number of halogens is 2. The summed E-state index contributed by atoms with van der Waals surface area (Å²) >= 11 is 9.57. The largest absolute Gasteiger partial charge is 0.363 e. The van der Waals surface area contributed by atoms with E-state index >= 15 is 0 Å². The van der Waals surface area contributed by atoms with E-state index in [9.17, 15) is 0 Å². The molecule has 0 aliphatic carbocycles. The lowest BCUT2D eigenvalue weighted by Crippen LogP contribution is -2.39. The molecule has 1 rings (SSSR count). The summed E-state index contributed by atoms with van der Waals surface area (Å²) in [6, 6.07) is 2.06. The van der Waals surface area contributed by atoms with Crippen LogP contribution in [0.1, 0.15) is 32.3 Å². The Morgan fingerprint density at radius 1 is 1.44 bits per heavy atom. The molecule has 0 aromatic carbocycles. The molecule has 2 nitrogen and oxygen atoms in total. The van der Waals surface area contributed by atoms with E-state index < -0.39 is 0 Å². The minimum absolute atomic E-state index is 0.0632. The molecule has 0 saturated heterocycles. The van der Waals surface area contributed by atoms with E-state index in [1.54, 1.807) is 0 Å². The fourth-order valence-corrected chi connectivity index (χ4v) is 2.53. The molecule has 0 aliphatic heterocycles. The SMILES string of the molecule is CCC(CC)(CCl)Nc1ncc(C)cc1Br. The van der Waals surface area contributed by atoms with Gasteiger partial charge in [-0.1, -0.05) is 13.8 Å². The fraction of sp³-hybridized carbons (Fsp3) is 0.583. The molecule has 0 unspecified atom stereocenters. The van der Waals surface area contributed by atoms with Crippen LogP contribution in [0.4, 0.5) is 5.82 Å². The maximum Gasteiger partial charge on any atom is 0.140 e. The number of nitrogens with one attached hydrogen (secondary N) is 1.